The smallest absolute Gasteiger partial charge is 0.422 e. The van der Waals surface area contributed by atoms with Crippen molar-refractivity contribution < 1.29 is 31.5 Å². The van der Waals surface area contributed by atoms with Crippen LogP contribution in [0.2, 0.25) is 0 Å². The minimum Gasteiger partial charge on any atom is -0.482 e. The number of alkyl halides is 3. The van der Waals surface area contributed by atoms with Crippen LogP contribution >= 0.6 is 0 Å². The van der Waals surface area contributed by atoms with Crippen molar-refractivity contribution in [2.24, 2.45) is 0 Å². The highest BCUT2D eigenvalue weighted by atomic mass is 19.4. The molecule has 0 fully saturated rings. The highest BCUT2D eigenvalue weighted by molar-refractivity contribution is 5.94. The molecule has 0 unspecified atom stereocenters. The first kappa shape index (κ1) is 18.5. The van der Waals surface area contributed by atoms with Crippen LogP contribution in [0.15, 0.2) is 42.5 Å². The van der Waals surface area contributed by atoms with Gasteiger partial charge >= 0.3 is 6.18 Å². The number of hydrogen-bond donors (Lipinski definition) is 2. The molecular weight excluding hydrogens is 347 g/mol. The molecule has 0 spiro atoms. The molecule has 0 aliphatic rings. The van der Waals surface area contributed by atoms with Crippen molar-refractivity contribution >= 4 is 17.3 Å². The fourth-order valence-electron chi connectivity index (χ4n) is 1.86. The molecule has 2 aromatic rings. The lowest BCUT2D eigenvalue weighted by Gasteiger charge is -2.14. The third-order valence-electron chi connectivity index (χ3n) is 2.92. The molecule has 0 heterocycles. The molecule has 134 valence electrons. The highest BCUT2D eigenvalue weighted by Crippen LogP contribution is 2.26. The van der Waals surface area contributed by atoms with Gasteiger partial charge in [0.15, 0.2) is 6.61 Å². The summed E-state index contributed by atoms with van der Waals surface area (Å²) < 4.78 is 67.8. The number of hydrogen-bond acceptors (Lipinski definition) is 3. The van der Waals surface area contributed by atoms with Crippen molar-refractivity contribution in [1.29, 1.82) is 0 Å². The zero-order chi connectivity index (χ0) is 18.4. The molecule has 0 saturated carbocycles. The van der Waals surface area contributed by atoms with Crippen molar-refractivity contribution in [2.45, 2.75) is 6.18 Å². The Kier molecular flexibility index (Phi) is 5.79. The van der Waals surface area contributed by atoms with E-state index in [1.165, 1.54) is 24.3 Å². The number of para-hydroxylation sites is 2. The number of ether oxygens (including phenoxy) is 1. The number of rotatable bonds is 6. The summed E-state index contributed by atoms with van der Waals surface area (Å²) in [5, 5.41) is 4.74. The van der Waals surface area contributed by atoms with Crippen LogP contribution in [0.1, 0.15) is 0 Å². The van der Waals surface area contributed by atoms with Gasteiger partial charge in [0, 0.05) is 6.07 Å². The molecule has 2 aromatic carbocycles. The van der Waals surface area contributed by atoms with E-state index in [-0.39, 0.29) is 23.7 Å². The largest absolute Gasteiger partial charge is 0.482 e. The highest BCUT2D eigenvalue weighted by Gasteiger charge is 2.28. The minimum absolute atomic E-state index is 0.0930. The Hall–Kier alpha value is -2.84. The predicted molar refractivity (Wildman–Crippen MR) is 81.5 cm³/mol. The predicted octanol–water partition coefficient (Wildman–Crippen LogP) is 3.96. The maximum absolute atomic E-state index is 13.4. The van der Waals surface area contributed by atoms with Crippen LogP contribution in [-0.4, -0.2) is 25.2 Å². The number of carbonyl (C=O) groups excluding carboxylic acids is 1. The number of anilines is 2. The first-order valence-corrected chi connectivity index (χ1v) is 7.02. The Morgan fingerprint density at radius 1 is 1.04 bits per heavy atom. The number of carbonyl (C=O) groups is 1. The molecule has 0 aliphatic carbocycles. The topological polar surface area (TPSA) is 50.4 Å². The maximum atomic E-state index is 13.4. The summed E-state index contributed by atoms with van der Waals surface area (Å²) in [6, 6.07) is 8.30. The summed E-state index contributed by atoms with van der Waals surface area (Å²) in [5.74, 6) is -2.35. The Morgan fingerprint density at radius 2 is 1.76 bits per heavy atom. The SMILES string of the molecule is O=C(CNc1ccccc1OCC(F)(F)F)Nc1cc(F)ccc1F. The lowest BCUT2D eigenvalue weighted by molar-refractivity contribution is -0.153. The summed E-state index contributed by atoms with van der Waals surface area (Å²) in [6.07, 6.45) is -4.50. The van der Waals surface area contributed by atoms with Gasteiger partial charge in [-0.25, -0.2) is 8.78 Å². The zero-order valence-electron chi connectivity index (χ0n) is 12.7. The van der Waals surface area contributed by atoms with Crippen LogP contribution in [-0.2, 0) is 4.79 Å². The van der Waals surface area contributed by atoms with E-state index >= 15 is 0 Å². The van der Waals surface area contributed by atoms with Crippen molar-refractivity contribution in [2.75, 3.05) is 23.8 Å². The Labute approximate surface area is 139 Å². The summed E-state index contributed by atoms with van der Waals surface area (Å²) in [4.78, 5) is 11.8. The van der Waals surface area contributed by atoms with Crippen LogP contribution < -0.4 is 15.4 Å². The van der Waals surface area contributed by atoms with Crippen molar-refractivity contribution in [3.63, 3.8) is 0 Å². The Bertz CT molecular complexity index is 750. The van der Waals surface area contributed by atoms with Crippen LogP contribution in [0.5, 0.6) is 5.75 Å². The van der Waals surface area contributed by atoms with E-state index in [9.17, 15) is 26.7 Å². The molecule has 0 saturated heterocycles. The minimum atomic E-state index is -4.50. The lowest BCUT2D eigenvalue weighted by Crippen LogP contribution is -2.23. The van der Waals surface area contributed by atoms with Gasteiger partial charge in [0.1, 0.15) is 17.4 Å². The zero-order valence-corrected chi connectivity index (χ0v) is 12.7. The van der Waals surface area contributed by atoms with Crippen LogP contribution in [0, 0.1) is 11.6 Å². The molecule has 0 aliphatic heterocycles. The van der Waals surface area contributed by atoms with Gasteiger partial charge in [-0.3, -0.25) is 4.79 Å². The van der Waals surface area contributed by atoms with E-state index in [1.807, 2.05) is 0 Å². The van der Waals surface area contributed by atoms with Gasteiger partial charge in [-0.15, -0.1) is 0 Å². The normalized spacial score (nSPS) is 11.1. The second kappa shape index (κ2) is 7.82. The summed E-state index contributed by atoms with van der Waals surface area (Å²) in [6.45, 7) is -1.87. The second-order valence-corrected chi connectivity index (χ2v) is 4.93. The van der Waals surface area contributed by atoms with Gasteiger partial charge in [0.25, 0.3) is 0 Å². The molecule has 0 aromatic heterocycles. The van der Waals surface area contributed by atoms with Crippen LogP contribution in [0.3, 0.4) is 0 Å². The molecule has 0 atom stereocenters. The summed E-state index contributed by atoms with van der Waals surface area (Å²) >= 11 is 0. The standard InChI is InChI=1S/C16H13F5N2O2/c17-10-5-6-11(18)13(7-10)23-15(24)8-22-12-3-1-2-4-14(12)25-9-16(19,20)21/h1-7,22H,8-9H2,(H,23,24). The molecule has 0 bridgehead atoms. The fraction of sp³-hybridized carbons (Fsp3) is 0.188. The summed E-state index contributed by atoms with van der Waals surface area (Å²) in [7, 11) is 0. The first-order valence-electron chi connectivity index (χ1n) is 7.02. The number of benzene rings is 2. The van der Waals surface area contributed by atoms with E-state index < -0.39 is 30.3 Å². The van der Waals surface area contributed by atoms with Crippen LogP contribution in [0.4, 0.5) is 33.3 Å². The quantitative estimate of drug-likeness (QED) is 0.767. The van der Waals surface area contributed by atoms with Gasteiger partial charge in [-0.05, 0) is 24.3 Å². The van der Waals surface area contributed by atoms with E-state index in [0.717, 1.165) is 18.2 Å². The molecule has 25 heavy (non-hydrogen) atoms. The third kappa shape index (κ3) is 5.94. The van der Waals surface area contributed by atoms with Gasteiger partial charge in [-0.1, -0.05) is 12.1 Å². The average Bonchev–Trinajstić information content (AvgIpc) is 2.54. The number of halogens is 5. The maximum Gasteiger partial charge on any atom is 0.422 e. The Balaban J connectivity index is 1.96. The fourth-order valence-corrected chi connectivity index (χ4v) is 1.86. The summed E-state index contributed by atoms with van der Waals surface area (Å²) in [5.41, 5.74) is -0.185. The van der Waals surface area contributed by atoms with Gasteiger partial charge < -0.3 is 15.4 Å². The van der Waals surface area contributed by atoms with Crippen molar-refractivity contribution in [1.82, 2.24) is 0 Å². The van der Waals surface area contributed by atoms with E-state index in [0.29, 0.717) is 0 Å². The van der Waals surface area contributed by atoms with Crippen LogP contribution in [0.25, 0.3) is 0 Å². The van der Waals surface area contributed by atoms with Crippen molar-refractivity contribution in [3.05, 3.63) is 54.1 Å². The molecular formula is C16H13F5N2O2. The second-order valence-electron chi connectivity index (χ2n) is 4.93. The van der Waals surface area contributed by atoms with Gasteiger partial charge in [0.2, 0.25) is 5.91 Å². The Morgan fingerprint density at radius 3 is 2.48 bits per heavy atom. The lowest BCUT2D eigenvalue weighted by atomic mass is 10.2. The number of nitrogens with one attached hydrogen (secondary N) is 2. The molecule has 9 heteroatoms. The van der Waals surface area contributed by atoms with E-state index in [4.69, 9.17) is 0 Å². The van der Waals surface area contributed by atoms with E-state index in [2.05, 4.69) is 15.4 Å². The monoisotopic (exact) mass is 360 g/mol. The first-order chi connectivity index (χ1) is 11.7. The molecule has 4 nitrogen and oxygen atoms in total. The molecule has 2 rings (SSSR count). The molecule has 1 amide bonds. The van der Waals surface area contributed by atoms with Gasteiger partial charge in [-0.2, -0.15) is 13.2 Å². The van der Waals surface area contributed by atoms with E-state index in [1.54, 1.807) is 0 Å². The van der Waals surface area contributed by atoms with Crippen molar-refractivity contribution in [3.8, 4) is 5.75 Å². The van der Waals surface area contributed by atoms with Gasteiger partial charge in [0.05, 0.1) is 17.9 Å². The average molecular weight is 360 g/mol. The molecule has 0 radical (unpaired) electrons. The number of amides is 1. The third-order valence-corrected chi connectivity index (χ3v) is 2.92. The molecule has 2 N–H and O–H groups in total.